The Hall–Kier alpha value is -4.31. The minimum Gasteiger partial charge on any atom is -0.456 e. The maximum absolute atomic E-state index is 6.53. The van der Waals surface area contributed by atoms with Crippen LogP contribution in [0.5, 0.6) is 0 Å². The first-order valence-corrected chi connectivity index (χ1v) is 10.3. The Morgan fingerprint density at radius 3 is 2.19 bits per heavy atom. The summed E-state index contributed by atoms with van der Waals surface area (Å²) in [6.07, 6.45) is 3.86. The average molecular weight is 398 g/mol. The molecule has 0 spiro atoms. The normalized spacial score (nSPS) is 12.5. The fourth-order valence-electron chi connectivity index (χ4n) is 5.10. The van der Waals surface area contributed by atoms with Crippen molar-refractivity contribution in [3.63, 3.8) is 0 Å². The van der Waals surface area contributed by atoms with Gasteiger partial charge < -0.3 is 8.83 Å². The molecule has 0 aliphatic rings. The predicted molar refractivity (Wildman–Crippen MR) is 125 cm³/mol. The van der Waals surface area contributed by atoms with Crippen LogP contribution >= 0.6 is 0 Å². The van der Waals surface area contributed by atoms with Crippen LogP contribution < -0.4 is 0 Å². The molecule has 0 amide bonds. The van der Waals surface area contributed by atoms with Crippen molar-refractivity contribution in [1.29, 1.82) is 0 Å². The summed E-state index contributed by atoms with van der Waals surface area (Å²) >= 11 is 0. The largest absolute Gasteiger partial charge is 0.456 e. The van der Waals surface area contributed by atoms with E-state index in [-0.39, 0.29) is 0 Å². The summed E-state index contributed by atoms with van der Waals surface area (Å²) in [6.45, 7) is 0. The van der Waals surface area contributed by atoms with Gasteiger partial charge in [0.25, 0.3) is 0 Å². The molecule has 4 heteroatoms. The van der Waals surface area contributed by atoms with Gasteiger partial charge in [0.2, 0.25) is 0 Å². The maximum Gasteiger partial charge on any atom is 0.160 e. The Balaban J connectivity index is 1.61. The first kappa shape index (κ1) is 15.5. The quantitative estimate of drug-likeness (QED) is 0.249. The Morgan fingerprint density at radius 1 is 0.581 bits per heavy atom. The zero-order valence-electron chi connectivity index (χ0n) is 16.3. The molecular formula is C27H14N2O2. The van der Waals surface area contributed by atoms with Crippen LogP contribution in [-0.2, 0) is 0 Å². The fourth-order valence-corrected chi connectivity index (χ4v) is 5.10. The molecule has 0 bridgehead atoms. The molecule has 31 heavy (non-hydrogen) atoms. The summed E-state index contributed by atoms with van der Waals surface area (Å²) in [5.41, 5.74) is 5.49. The highest BCUT2D eigenvalue weighted by atomic mass is 16.3. The zero-order chi connectivity index (χ0) is 20.1. The highest BCUT2D eigenvalue weighted by Gasteiger charge is 2.18. The molecule has 8 rings (SSSR count). The van der Waals surface area contributed by atoms with E-state index in [9.17, 15) is 0 Å². The summed E-state index contributed by atoms with van der Waals surface area (Å²) in [6, 6.07) is 25.1. The molecule has 4 aromatic carbocycles. The molecule has 8 aromatic rings. The van der Waals surface area contributed by atoms with E-state index in [0.29, 0.717) is 0 Å². The van der Waals surface area contributed by atoms with Crippen LogP contribution in [0.25, 0.3) is 71.2 Å². The number of hydrogen-bond donors (Lipinski definition) is 0. The van der Waals surface area contributed by atoms with Crippen molar-refractivity contribution in [2.45, 2.75) is 0 Å². The number of hydrogen-bond acceptors (Lipinski definition) is 3. The molecule has 4 heterocycles. The molecule has 0 N–H and O–H groups in total. The number of aromatic nitrogens is 2. The van der Waals surface area contributed by atoms with E-state index < -0.39 is 0 Å². The number of furan rings is 2. The number of imidazole rings is 1. The van der Waals surface area contributed by atoms with Gasteiger partial charge in [-0.1, -0.05) is 48.5 Å². The highest BCUT2D eigenvalue weighted by Crippen LogP contribution is 2.40. The summed E-state index contributed by atoms with van der Waals surface area (Å²) < 4.78 is 14.8. The standard InChI is InChI=1S/C27H14N2O2/c1-2-7-19-15(5-1)17-9-10-18-21-14-23-20(16-6-3-4-8-22(16)30-23)13-24(21)31-26(18)25(17)29-12-11-28-27(19)29/h1-14H. The Morgan fingerprint density at radius 2 is 1.29 bits per heavy atom. The Labute approximate surface area is 174 Å². The molecule has 0 atom stereocenters. The molecule has 0 saturated heterocycles. The second-order valence-corrected chi connectivity index (χ2v) is 8.05. The van der Waals surface area contributed by atoms with E-state index in [1.54, 1.807) is 0 Å². The Kier molecular flexibility index (Phi) is 2.62. The molecule has 0 saturated carbocycles. The number of para-hydroxylation sites is 1. The summed E-state index contributed by atoms with van der Waals surface area (Å²) in [4.78, 5) is 4.63. The third-order valence-corrected chi connectivity index (χ3v) is 6.45. The lowest BCUT2D eigenvalue weighted by atomic mass is 10.0. The van der Waals surface area contributed by atoms with Crippen LogP contribution in [0.3, 0.4) is 0 Å². The van der Waals surface area contributed by atoms with Gasteiger partial charge in [-0.25, -0.2) is 4.98 Å². The van der Waals surface area contributed by atoms with Crippen molar-refractivity contribution in [3.05, 3.63) is 85.2 Å². The molecule has 0 fully saturated rings. The van der Waals surface area contributed by atoms with Gasteiger partial charge in [-0.2, -0.15) is 0 Å². The van der Waals surface area contributed by atoms with Gasteiger partial charge >= 0.3 is 0 Å². The van der Waals surface area contributed by atoms with Gasteiger partial charge in [-0.3, -0.25) is 4.40 Å². The van der Waals surface area contributed by atoms with Crippen molar-refractivity contribution in [1.82, 2.24) is 9.38 Å². The lowest BCUT2D eigenvalue weighted by Gasteiger charge is -2.08. The predicted octanol–water partition coefficient (Wildman–Crippen LogP) is 7.44. The minimum absolute atomic E-state index is 0.864. The number of nitrogens with zero attached hydrogens (tertiary/aromatic N) is 2. The smallest absolute Gasteiger partial charge is 0.160 e. The van der Waals surface area contributed by atoms with Gasteiger partial charge in [0.15, 0.2) is 5.58 Å². The molecule has 0 aliphatic heterocycles. The van der Waals surface area contributed by atoms with Crippen LogP contribution in [0.1, 0.15) is 0 Å². The topological polar surface area (TPSA) is 43.6 Å². The third kappa shape index (κ3) is 1.83. The van der Waals surface area contributed by atoms with Crippen molar-refractivity contribution in [3.8, 4) is 0 Å². The van der Waals surface area contributed by atoms with E-state index in [4.69, 9.17) is 8.83 Å². The van der Waals surface area contributed by atoms with E-state index in [1.165, 1.54) is 5.39 Å². The second kappa shape index (κ2) is 5.24. The first-order valence-electron chi connectivity index (χ1n) is 10.3. The lowest BCUT2D eigenvalue weighted by Crippen LogP contribution is -1.90. The summed E-state index contributed by atoms with van der Waals surface area (Å²) in [5.74, 6) is 0. The number of pyridine rings is 1. The minimum atomic E-state index is 0.864. The van der Waals surface area contributed by atoms with Gasteiger partial charge in [-0.05, 0) is 29.7 Å². The van der Waals surface area contributed by atoms with E-state index >= 15 is 0 Å². The molecule has 0 aliphatic carbocycles. The van der Waals surface area contributed by atoms with Crippen LogP contribution in [0.15, 0.2) is 94.0 Å². The number of fused-ring (bicyclic) bond motifs is 13. The molecule has 0 radical (unpaired) electrons. The average Bonchev–Trinajstić information content (AvgIpc) is 3.52. The molecule has 0 unspecified atom stereocenters. The summed E-state index contributed by atoms with van der Waals surface area (Å²) in [7, 11) is 0. The van der Waals surface area contributed by atoms with Crippen LogP contribution in [0, 0.1) is 0 Å². The number of benzene rings is 4. The first-order chi connectivity index (χ1) is 15.4. The van der Waals surface area contributed by atoms with Crippen LogP contribution in [0.2, 0.25) is 0 Å². The monoisotopic (exact) mass is 398 g/mol. The van der Waals surface area contributed by atoms with Gasteiger partial charge in [-0.15, -0.1) is 0 Å². The van der Waals surface area contributed by atoms with Crippen molar-refractivity contribution in [2.24, 2.45) is 0 Å². The van der Waals surface area contributed by atoms with Gasteiger partial charge in [0.1, 0.15) is 22.4 Å². The second-order valence-electron chi connectivity index (χ2n) is 8.05. The maximum atomic E-state index is 6.53. The van der Waals surface area contributed by atoms with Crippen LogP contribution in [-0.4, -0.2) is 9.38 Å². The lowest BCUT2D eigenvalue weighted by molar-refractivity contribution is 0.665. The molecule has 4 aromatic heterocycles. The van der Waals surface area contributed by atoms with E-state index in [1.807, 2.05) is 30.6 Å². The van der Waals surface area contributed by atoms with Gasteiger partial charge in [0, 0.05) is 44.7 Å². The third-order valence-electron chi connectivity index (χ3n) is 6.45. The molecule has 4 nitrogen and oxygen atoms in total. The fraction of sp³-hybridized carbons (Fsp3) is 0. The van der Waals surface area contributed by atoms with Crippen molar-refractivity contribution in [2.75, 3.05) is 0 Å². The zero-order valence-corrected chi connectivity index (χ0v) is 16.3. The van der Waals surface area contributed by atoms with Crippen molar-refractivity contribution < 1.29 is 8.83 Å². The Bertz CT molecular complexity index is 2000. The number of rotatable bonds is 0. The van der Waals surface area contributed by atoms with Crippen LogP contribution in [0.4, 0.5) is 0 Å². The van der Waals surface area contributed by atoms with Crippen molar-refractivity contribution >= 4 is 71.2 Å². The van der Waals surface area contributed by atoms with Gasteiger partial charge in [0.05, 0.1) is 5.52 Å². The highest BCUT2D eigenvalue weighted by molar-refractivity contribution is 6.23. The SMILES string of the molecule is c1ccc2c(c1)oc1cc3c(cc12)oc1c3ccc2c3ccccc3c3nccn3c21. The van der Waals surface area contributed by atoms with E-state index in [2.05, 4.69) is 64.0 Å². The van der Waals surface area contributed by atoms with E-state index in [0.717, 1.165) is 65.8 Å². The molecular weight excluding hydrogens is 384 g/mol. The summed E-state index contributed by atoms with van der Waals surface area (Å²) in [5, 5.41) is 7.79. The molecule has 144 valence electrons.